The number of benzene rings is 1. The number of nitrogens with one attached hydrogen (secondary N) is 2. The Hall–Kier alpha value is -1.83. The Morgan fingerprint density at radius 2 is 2.10 bits per heavy atom. The number of ether oxygens (including phenoxy) is 2. The van der Waals surface area contributed by atoms with Crippen molar-refractivity contribution < 1.29 is 14.6 Å². The number of aliphatic imine (C=N–C) groups is 1. The maximum Gasteiger partial charge on any atom is 0.191 e. The van der Waals surface area contributed by atoms with Crippen molar-refractivity contribution in [3.8, 4) is 5.75 Å². The Labute approximate surface area is 187 Å². The molecular weight excluding hydrogens is 392 g/mol. The molecule has 0 aliphatic carbocycles. The van der Waals surface area contributed by atoms with Crippen LogP contribution in [0.5, 0.6) is 5.75 Å². The molecule has 3 rings (SSSR count). The summed E-state index contributed by atoms with van der Waals surface area (Å²) in [6, 6.07) is 6.34. The van der Waals surface area contributed by atoms with Crippen molar-refractivity contribution in [1.29, 1.82) is 0 Å². The second kappa shape index (κ2) is 12.9. The average molecular weight is 433 g/mol. The highest BCUT2D eigenvalue weighted by Crippen LogP contribution is 2.23. The lowest BCUT2D eigenvalue weighted by Gasteiger charge is -2.29. The molecule has 0 radical (unpaired) electrons. The Morgan fingerprint density at radius 1 is 1.26 bits per heavy atom. The molecule has 1 aromatic carbocycles. The van der Waals surface area contributed by atoms with Crippen LogP contribution in [0.2, 0.25) is 0 Å². The van der Waals surface area contributed by atoms with Gasteiger partial charge in [0.1, 0.15) is 5.75 Å². The van der Waals surface area contributed by atoms with Gasteiger partial charge in [-0.3, -0.25) is 0 Å². The number of aliphatic hydroxyl groups is 1. The first-order valence-corrected chi connectivity index (χ1v) is 11.9. The Kier molecular flexibility index (Phi) is 9.90. The minimum Gasteiger partial charge on any atom is -0.493 e. The molecule has 174 valence electrons. The third-order valence-corrected chi connectivity index (χ3v) is 5.97. The lowest BCUT2D eigenvalue weighted by Crippen LogP contribution is -2.40. The monoisotopic (exact) mass is 432 g/mol. The van der Waals surface area contributed by atoms with E-state index in [2.05, 4.69) is 47.6 Å². The molecule has 7 heteroatoms. The van der Waals surface area contributed by atoms with Gasteiger partial charge in [0.2, 0.25) is 0 Å². The van der Waals surface area contributed by atoms with Gasteiger partial charge in [0.05, 0.1) is 25.9 Å². The summed E-state index contributed by atoms with van der Waals surface area (Å²) in [6.45, 7) is 11.9. The fraction of sp³-hybridized carbons (Fsp3) is 0.708. The first kappa shape index (κ1) is 23.8. The van der Waals surface area contributed by atoms with Crippen LogP contribution >= 0.6 is 0 Å². The molecule has 3 N–H and O–H groups in total. The topological polar surface area (TPSA) is 78.4 Å². The van der Waals surface area contributed by atoms with Gasteiger partial charge in [-0.1, -0.05) is 12.1 Å². The lowest BCUT2D eigenvalue weighted by atomic mass is 10.1. The first-order valence-electron chi connectivity index (χ1n) is 11.9. The smallest absolute Gasteiger partial charge is 0.191 e. The van der Waals surface area contributed by atoms with Gasteiger partial charge in [0.15, 0.2) is 5.96 Å². The summed E-state index contributed by atoms with van der Waals surface area (Å²) in [5, 5.41) is 16.4. The molecule has 0 aromatic heterocycles. The van der Waals surface area contributed by atoms with Crippen molar-refractivity contribution in [2.45, 2.75) is 52.2 Å². The molecule has 7 nitrogen and oxygen atoms in total. The summed E-state index contributed by atoms with van der Waals surface area (Å²) in [7, 11) is 0. The summed E-state index contributed by atoms with van der Waals surface area (Å²) in [5.74, 6) is 2.25. The maximum absolute atomic E-state index is 9.63. The van der Waals surface area contributed by atoms with Gasteiger partial charge < -0.3 is 30.1 Å². The summed E-state index contributed by atoms with van der Waals surface area (Å²) in [5.41, 5.74) is 2.30. The number of aryl methyl sites for hydroxylation is 1. The summed E-state index contributed by atoms with van der Waals surface area (Å²) < 4.78 is 11.6. The number of likely N-dealkylation sites (tertiary alicyclic amines) is 1. The third-order valence-electron chi connectivity index (χ3n) is 5.97. The van der Waals surface area contributed by atoms with E-state index in [1.807, 2.05) is 0 Å². The van der Waals surface area contributed by atoms with Crippen LogP contribution in [0.15, 0.2) is 23.2 Å². The van der Waals surface area contributed by atoms with Gasteiger partial charge in [-0.15, -0.1) is 0 Å². The summed E-state index contributed by atoms with van der Waals surface area (Å²) in [4.78, 5) is 7.23. The van der Waals surface area contributed by atoms with Crippen molar-refractivity contribution in [2.24, 2.45) is 10.9 Å². The minimum absolute atomic E-state index is 0.107. The van der Waals surface area contributed by atoms with E-state index in [4.69, 9.17) is 14.5 Å². The number of hydrogen-bond donors (Lipinski definition) is 3. The second-order valence-electron chi connectivity index (χ2n) is 8.70. The van der Waals surface area contributed by atoms with Crippen molar-refractivity contribution in [3.05, 3.63) is 29.3 Å². The van der Waals surface area contributed by atoms with Crippen molar-refractivity contribution in [1.82, 2.24) is 15.5 Å². The van der Waals surface area contributed by atoms with E-state index in [-0.39, 0.29) is 6.10 Å². The quantitative estimate of drug-likeness (QED) is 0.299. The SMILES string of the molecule is CCNC(=NCc1ccc(C)cc1OCC1CCOC1)NCCCN1CCC(O)CC1. The average Bonchev–Trinajstić information content (AvgIpc) is 3.29. The fourth-order valence-electron chi connectivity index (χ4n) is 4.01. The van der Waals surface area contributed by atoms with Crippen molar-refractivity contribution in [3.63, 3.8) is 0 Å². The molecular formula is C24H40N4O3. The van der Waals surface area contributed by atoms with E-state index in [0.717, 1.165) is 88.9 Å². The van der Waals surface area contributed by atoms with Crippen LogP contribution in [0.4, 0.5) is 0 Å². The molecule has 0 spiro atoms. The van der Waals surface area contributed by atoms with Gasteiger partial charge in [0, 0.05) is 44.3 Å². The molecule has 2 aliphatic heterocycles. The molecule has 2 saturated heterocycles. The molecule has 2 fully saturated rings. The minimum atomic E-state index is -0.107. The van der Waals surface area contributed by atoms with Gasteiger partial charge in [-0.25, -0.2) is 4.99 Å². The molecule has 2 heterocycles. The zero-order valence-corrected chi connectivity index (χ0v) is 19.2. The number of nitrogens with zero attached hydrogens (tertiary/aromatic N) is 2. The van der Waals surface area contributed by atoms with E-state index in [9.17, 15) is 5.11 Å². The van der Waals surface area contributed by atoms with Crippen LogP contribution in [0.25, 0.3) is 0 Å². The van der Waals surface area contributed by atoms with Crippen LogP contribution in [0.3, 0.4) is 0 Å². The highest BCUT2D eigenvalue weighted by atomic mass is 16.5. The number of piperidine rings is 1. The van der Waals surface area contributed by atoms with Gasteiger partial charge in [-0.2, -0.15) is 0 Å². The van der Waals surface area contributed by atoms with E-state index in [1.165, 1.54) is 5.56 Å². The molecule has 1 unspecified atom stereocenters. The Balaban J connectivity index is 1.48. The molecule has 31 heavy (non-hydrogen) atoms. The Bertz CT molecular complexity index is 683. The van der Waals surface area contributed by atoms with Gasteiger partial charge >= 0.3 is 0 Å². The normalized spacial score (nSPS) is 20.7. The van der Waals surface area contributed by atoms with Gasteiger partial charge in [-0.05, 0) is 57.7 Å². The van der Waals surface area contributed by atoms with Crippen LogP contribution in [-0.2, 0) is 11.3 Å². The predicted molar refractivity (Wildman–Crippen MR) is 125 cm³/mol. The van der Waals surface area contributed by atoms with Crippen LogP contribution in [0, 0.1) is 12.8 Å². The van der Waals surface area contributed by atoms with E-state index >= 15 is 0 Å². The number of rotatable bonds is 10. The standard InChI is InChI=1S/C24H40N4O3/c1-3-25-24(26-10-4-11-28-12-7-22(29)8-13-28)27-16-21-6-5-19(2)15-23(21)31-18-20-9-14-30-17-20/h5-6,15,20,22,29H,3-4,7-14,16-18H2,1-2H3,(H2,25,26,27). The van der Waals surface area contributed by atoms with E-state index in [1.54, 1.807) is 0 Å². The fourth-order valence-corrected chi connectivity index (χ4v) is 4.01. The summed E-state index contributed by atoms with van der Waals surface area (Å²) >= 11 is 0. The highest BCUT2D eigenvalue weighted by molar-refractivity contribution is 5.79. The first-order chi connectivity index (χ1) is 15.1. The third kappa shape index (κ3) is 8.31. The Morgan fingerprint density at radius 3 is 2.84 bits per heavy atom. The molecule has 0 bridgehead atoms. The number of hydrogen-bond acceptors (Lipinski definition) is 5. The van der Waals surface area contributed by atoms with Crippen LogP contribution in [0.1, 0.15) is 43.7 Å². The molecule has 0 saturated carbocycles. The predicted octanol–water partition coefficient (Wildman–Crippen LogP) is 2.31. The highest BCUT2D eigenvalue weighted by Gasteiger charge is 2.17. The summed E-state index contributed by atoms with van der Waals surface area (Å²) in [6.07, 6.45) is 3.82. The van der Waals surface area contributed by atoms with Crippen molar-refractivity contribution >= 4 is 5.96 Å². The maximum atomic E-state index is 9.63. The largest absolute Gasteiger partial charge is 0.493 e. The molecule has 0 amide bonds. The molecule has 2 aliphatic rings. The number of guanidine groups is 1. The molecule has 1 aromatic rings. The van der Waals surface area contributed by atoms with E-state index < -0.39 is 0 Å². The number of aliphatic hydroxyl groups excluding tert-OH is 1. The lowest BCUT2D eigenvalue weighted by molar-refractivity contribution is 0.0823. The zero-order valence-electron chi connectivity index (χ0n) is 19.2. The second-order valence-corrected chi connectivity index (χ2v) is 8.70. The zero-order chi connectivity index (χ0) is 21.9. The van der Waals surface area contributed by atoms with E-state index in [0.29, 0.717) is 19.1 Å². The van der Waals surface area contributed by atoms with Crippen LogP contribution < -0.4 is 15.4 Å². The van der Waals surface area contributed by atoms with Crippen molar-refractivity contribution in [2.75, 3.05) is 52.5 Å². The molecule has 1 atom stereocenters. The van der Waals surface area contributed by atoms with Gasteiger partial charge in [0.25, 0.3) is 0 Å². The van der Waals surface area contributed by atoms with Crippen LogP contribution in [-0.4, -0.2) is 74.6 Å².